The Morgan fingerprint density at radius 2 is 1.36 bits per heavy atom. The van der Waals surface area contributed by atoms with Crippen molar-refractivity contribution in [2.24, 2.45) is 0 Å². The molecule has 0 atom stereocenters. The third kappa shape index (κ3) is 2.21. The highest BCUT2D eigenvalue weighted by molar-refractivity contribution is 6.29. The fourth-order valence-corrected chi connectivity index (χ4v) is 4.07. The van der Waals surface area contributed by atoms with Crippen molar-refractivity contribution in [1.29, 1.82) is 0 Å². The molecule has 4 heteroatoms. The van der Waals surface area contributed by atoms with Crippen LogP contribution < -0.4 is 0 Å². The molecule has 0 fully saturated rings. The first-order valence-corrected chi connectivity index (χ1v) is 9.01. The molecule has 0 aliphatic heterocycles. The number of carbonyl (C=O) groups is 1. The van der Waals surface area contributed by atoms with Crippen molar-refractivity contribution in [2.45, 2.75) is 0 Å². The molecule has 0 heterocycles. The van der Waals surface area contributed by atoms with Crippen molar-refractivity contribution in [3.63, 3.8) is 0 Å². The van der Waals surface area contributed by atoms with E-state index in [1.807, 2.05) is 66.7 Å². The molecule has 0 bridgehead atoms. The van der Waals surface area contributed by atoms with Crippen molar-refractivity contribution in [3.8, 4) is 22.3 Å². The first-order chi connectivity index (χ1) is 13.7. The number of fused-ring (bicyclic) bond motifs is 5. The lowest BCUT2D eigenvalue weighted by molar-refractivity contribution is -0.736. The predicted molar refractivity (Wildman–Crippen MR) is 109 cm³/mol. The van der Waals surface area contributed by atoms with Crippen LogP contribution in [-0.2, 0) is 4.84 Å². The van der Waals surface area contributed by atoms with Crippen LogP contribution in [0.2, 0.25) is 0 Å². The smallest absolute Gasteiger partial charge is 0.289 e. The van der Waals surface area contributed by atoms with Crippen molar-refractivity contribution in [1.82, 2.24) is 0 Å². The van der Waals surface area contributed by atoms with Gasteiger partial charge in [-0.05, 0) is 28.5 Å². The molecule has 1 aliphatic rings. The monoisotopic (exact) mass is 366 g/mol. The molecule has 5 rings (SSSR count). The summed E-state index contributed by atoms with van der Waals surface area (Å²) in [5.74, 6) is -0.0176. The van der Waals surface area contributed by atoms with Crippen LogP contribution in [-0.4, -0.2) is 17.8 Å². The summed E-state index contributed by atoms with van der Waals surface area (Å²) >= 11 is 0. The van der Waals surface area contributed by atoms with Gasteiger partial charge in [-0.25, -0.2) is 4.84 Å². The summed E-state index contributed by atoms with van der Waals surface area (Å²) in [7, 11) is 1.33. The highest BCUT2D eigenvalue weighted by atomic mass is 16.8. The van der Waals surface area contributed by atoms with Gasteiger partial charge in [0, 0.05) is 28.3 Å². The molecule has 4 aromatic carbocycles. The summed E-state index contributed by atoms with van der Waals surface area (Å²) in [4.78, 5) is 31.0. The van der Waals surface area contributed by atoms with Gasteiger partial charge in [0.15, 0.2) is 12.9 Å². The standard InChI is InChI=1S/C24H16NO3/c1-28-25(27)21-13-7-6-10-17(21)20-14-15-8-2-3-9-16(15)22-18-11-4-5-12-19(18)24(26)23(20)22/h2-14H,1H3/q+1. The predicted octanol–water partition coefficient (Wildman–Crippen LogP) is 5.69. The Kier molecular flexibility index (Phi) is 3.59. The largest absolute Gasteiger partial charge is 0.324 e. The van der Waals surface area contributed by atoms with E-state index in [9.17, 15) is 9.70 Å². The van der Waals surface area contributed by atoms with Crippen LogP contribution in [0.15, 0.2) is 78.9 Å². The molecule has 0 radical (unpaired) electrons. The average molecular weight is 366 g/mol. The zero-order valence-electron chi connectivity index (χ0n) is 15.2. The van der Waals surface area contributed by atoms with Gasteiger partial charge in [0.05, 0.1) is 10.5 Å². The Hall–Kier alpha value is -3.79. The van der Waals surface area contributed by atoms with Crippen LogP contribution in [0.4, 0.5) is 5.69 Å². The fraction of sp³-hybridized carbons (Fsp3) is 0.0417. The van der Waals surface area contributed by atoms with Crippen LogP contribution in [0.25, 0.3) is 33.0 Å². The van der Waals surface area contributed by atoms with Gasteiger partial charge in [0.25, 0.3) is 4.92 Å². The SMILES string of the molecule is CO[N+](=O)c1ccccc1-c1cc2ccccc2c2c1C(=O)c1ccccc1-2. The number of carbonyl (C=O) groups excluding carboxylic acids is 1. The molecule has 0 N–H and O–H groups in total. The summed E-state index contributed by atoms with van der Waals surface area (Å²) < 4.78 is 0. The molecule has 28 heavy (non-hydrogen) atoms. The molecule has 0 saturated heterocycles. The molecular weight excluding hydrogens is 350 g/mol. The maximum Gasteiger partial charge on any atom is 0.324 e. The van der Waals surface area contributed by atoms with E-state index in [1.165, 1.54) is 7.11 Å². The molecule has 0 amide bonds. The van der Waals surface area contributed by atoms with Crippen molar-refractivity contribution in [3.05, 3.63) is 94.9 Å². The molecule has 0 aromatic heterocycles. The average Bonchev–Trinajstić information content (AvgIpc) is 3.06. The van der Waals surface area contributed by atoms with Crippen molar-refractivity contribution in [2.75, 3.05) is 7.11 Å². The summed E-state index contributed by atoms with van der Waals surface area (Å²) in [5, 5.41) is 2.05. The second kappa shape index (κ2) is 6.13. The molecule has 1 aliphatic carbocycles. The van der Waals surface area contributed by atoms with E-state index in [-0.39, 0.29) is 5.78 Å². The van der Waals surface area contributed by atoms with Crippen LogP contribution in [0.5, 0.6) is 0 Å². The summed E-state index contributed by atoms with van der Waals surface area (Å²) in [6.45, 7) is 0. The van der Waals surface area contributed by atoms with Crippen LogP contribution >= 0.6 is 0 Å². The molecular formula is C24H16NO3+. The van der Waals surface area contributed by atoms with Gasteiger partial charge in [0.1, 0.15) is 0 Å². The Morgan fingerprint density at radius 3 is 2.14 bits per heavy atom. The molecule has 0 spiro atoms. The van der Waals surface area contributed by atoms with E-state index >= 15 is 0 Å². The summed E-state index contributed by atoms with van der Waals surface area (Å²) in [5.41, 5.74) is 4.97. The third-order valence-electron chi connectivity index (χ3n) is 5.27. The third-order valence-corrected chi connectivity index (χ3v) is 5.27. The van der Waals surface area contributed by atoms with Gasteiger partial charge in [-0.1, -0.05) is 60.7 Å². The number of para-hydroxylation sites is 1. The van der Waals surface area contributed by atoms with Gasteiger partial charge in [0.2, 0.25) is 0 Å². The minimum Gasteiger partial charge on any atom is -0.289 e. The number of ketones is 1. The zero-order chi connectivity index (χ0) is 19.3. The van der Waals surface area contributed by atoms with E-state index < -0.39 is 0 Å². The van der Waals surface area contributed by atoms with Crippen LogP contribution in [0, 0.1) is 4.91 Å². The maximum atomic E-state index is 13.4. The first kappa shape index (κ1) is 16.4. The Morgan fingerprint density at radius 1 is 0.714 bits per heavy atom. The van der Waals surface area contributed by atoms with Gasteiger partial charge < -0.3 is 0 Å². The maximum absolute atomic E-state index is 13.4. The van der Waals surface area contributed by atoms with E-state index in [0.29, 0.717) is 27.3 Å². The molecule has 4 nitrogen and oxygen atoms in total. The molecule has 134 valence electrons. The van der Waals surface area contributed by atoms with Crippen LogP contribution in [0.3, 0.4) is 0 Å². The van der Waals surface area contributed by atoms with E-state index in [0.717, 1.165) is 27.5 Å². The summed E-state index contributed by atoms with van der Waals surface area (Å²) in [6.07, 6.45) is 0. The fourth-order valence-electron chi connectivity index (χ4n) is 4.07. The van der Waals surface area contributed by atoms with Crippen molar-refractivity contribution < 1.29 is 14.6 Å². The minimum atomic E-state index is -0.0176. The van der Waals surface area contributed by atoms with E-state index in [2.05, 4.69) is 0 Å². The summed E-state index contributed by atoms with van der Waals surface area (Å²) in [6, 6.07) is 24.8. The van der Waals surface area contributed by atoms with Gasteiger partial charge >= 0.3 is 5.69 Å². The number of benzene rings is 4. The Balaban J connectivity index is 1.93. The first-order valence-electron chi connectivity index (χ1n) is 9.01. The lowest BCUT2D eigenvalue weighted by Crippen LogP contribution is -2.03. The number of hydrogen-bond acceptors (Lipinski definition) is 3. The highest BCUT2D eigenvalue weighted by Crippen LogP contribution is 2.47. The second-order valence-corrected chi connectivity index (χ2v) is 6.73. The van der Waals surface area contributed by atoms with E-state index in [1.54, 1.807) is 12.1 Å². The Labute approximate surface area is 161 Å². The van der Waals surface area contributed by atoms with E-state index in [4.69, 9.17) is 4.84 Å². The van der Waals surface area contributed by atoms with Gasteiger partial charge in [-0.2, -0.15) is 0 Å². The topological polar surface area (TPSA) is 46.4 Å². The number of nitrogens with zero attached hydrogens (tertiary/aromatic N) is 1. The van der Waals surface area contributed by atoms with Crippen LogP contribution in [0.1, 0.15) is 15.9 Å². The number of hydrogen-bond donors (Lipinski definition) is 0. The minimum absolute atomic E-state index is 0.0176. The molecule has 4 aromatic rings. The van der Waals surface area contributed by atoms with Gasteiger partial charge in [-0.15, -0.1) is 0 Å². The number of rotatable bonds is 3. The normalized spacial score (nSPS) is 12.0. The second-order valence-electron chi connectivity index (χ2n) is 6.73. The van der Waals surface area contributed by atoms with Gasteiger partial charge in [-0.3, -0.25) is 4.79 Å². The Bertz CT molecular complexity index is 1290. The van der Waals surface area contributed by atoms with Crippen molar-refractivity contribution >= 4 is 22.2 Å². The highest BCUT2D eigenvalue weighted by Gasteiger charge is 2.33. The molecule has 0 saturated carbocycles. The molecule has 0 unspecified atom stereocenters. The zero-order valence-corrected chi connectivity index (χ0v) is 15.2. The quantitative estimate of drug-likeness (QED) is 0.385. The lowest BCUT2D eigenvalue weighted by atomic mass is 9.90. The lowest BCUT2D eigenvalue weighted by Gasteiger charge is -2.12.